The van der Waals surface area contributed by atoms with Gasteiger partial charge in [-0.05, 0) is 19.8 Å². The third kappa shape index (κ3) is 2.87. The Bertz CT molecular complexity index is 621. The second-order valence-corrected chi connectivity index (χ2v) is 4.92. The van der Waals surface area contributed by atoms with E-state index in [2.05, 4.69) is 15.1 Å². The first-order valence-corrected chi connectivity index (χ1v) is 7.21. The molecule has 1 amide bonds. The second kappa shape index (κ2) is 6.62. The standard InChI is InChI=1S/C14H21N5O2/c1-4-11(5-2)18(6-7-20)13(21)12-8-15-14-16-9-17-19(14)10(12)3/h8-9,11,20H,4-7H2,1-3H3. The first-order chi connectivity index (χ1) is 10.1. The number of hydrogen-bond donors (Lipinski definition) is 1. The van der Waals surface area contributed by atoms with E-state index in [0.29, 0.717) is 23.6 Å². The molecule has 0 aliphatic rings. The summed E-state index contributed by atoms with van der Waals surface area (Å²) >= 11 is 0. The molecule has 114 valence electrons. The summed E-state index contributed by atoms with van der Waals surface area (Å²) in [6.07, 6.45) is 4.64. The molecule has 0 radical (unpaired) electrons. The van der Waals surface area contributed by atoms with Crippen LogP contribution in [0.1, 0.15) is 42.7 Å². The van der Waals surface area contributed by atoms with Crippen LogP contribution in [0.2, 0.25) is 0 Å². The molecule has 0 aliphatic heterocycles. The average Bonchev–Trinajstić information content (AvgIpc) is 2.97. The summed E-state index contributed by atoms with van der Waals surface area (Å²) in [6, 6.07) is 0.107. The van der Waals surface area contributed by atoms with E-state index in [0.717, 1.165) is 12.8 Å². The molecule has 7 heteroatoms. The molecule has 0 bridgehead atoms. The van der Waals surface area contributed by atoms with Crippen molar-refractivity contribution in [1.82, 2.24) is 24.5 Å². The molecule has 2 aromatic rings. The lowest BCUT2D eigenvalue weighted by Crippen LogP contribution is -2.42. The van der Waals surface area contributed by atoms with Crippen LogP contribution in [0.25, 0.3) is 5.78 Å². The highest BCUT2D eigenvalue weighted by atomic mass is 16.3. The van der Waals surface area contributed by atoms with E-state index in [1.807, 2.05) is 20.8 Å². The van der Waals surface area contributed by atoms with E-state index < -0.39 is 0 Å². The van der Waals surface area contributed by atoms with Crippen LogP contribution in [-0.4, -0.2) is 54.7 Å². The molecule has 0 fully saturated rings. The maximum Gasteiger partial charge on any atom is 0.257 e. The van der Waals surface area contributed by atoms with E-state index in [4.69, 9.17) is 0 Å². The highest BCUT2D eigenvalue weighted by Crippen LogP contribution is 2.16. The van der Waals surface area contributed by atoms with Gasteiger partial charge in [-0.2, -0.15) is 10.1 Å². The van der Waals surface area contributed by atoms with Crippen LogP contribution in [-0.2, 0) is 0 Å². The second-order valence-electron chi connectivity index (χ2n) is 4.92. The summed E-state index contributed by atoms with van der Waals surface area (Å²) in [4.78, 5) is 22.7. The Labute approximate surface area is 123 Å². The fourth-order valence-electron chi connectivity index (χ4n) is 2.54. The van der Waals surface area contributed by atoms with Gasteiger partial charge >= 0.3 is 0 Å². The van der Waals surface area contributed by atoms with E-state index >= 15 is 0 Å². The van der Waals surface area contributed by atoms with Gasteiger partial charge < -0.3 is 10.0 Å². The van der Waals surface area contributed by atoms with E-state index in [1.165, 1.54) is 12.5 Å². The van der Waals surface area contributed by atoms with Crippen molar-refractivity contribution in [3.05, 3.63) is 23.8 Å². The van der Waals surface area contributed by atoms with Crippen LogP contribution in [0.5, 0.6) is 0 Å². The molecule has 0 saturated heterocycles. The minimum absolute atomic E-state index is 0.0553. The highest BCUT2D eigenvalue weighted by Gasteiger charge is 2.24. The Morgan fingerprint density at radius 2 is 2.10 bits per heavy atom. The molecule has 2 heterocycles. The normalized spacial score (nSPS) is 11.3. The van der Waals surface area contributed by atoms with E-state index in [1.54, 1.807) is 9.42 Å². The quantitative estimate of drug-likeness (QED) is 0.860. The number of aryl methyl sites for hydroxylation is 1. The lowest BCUT2D eigenvalue weighted by atomic mass is 10.1. The zero-order valence-corrected chi connectivity index (χ0v) is 12.7. The Kier molecular flexibility index (Phi) is 4.85. The van der Waals surface area contributed by atoms with Crippen LogP contribution in [0.15, 0.2) is 12.5 Å². The molecule has 0 aliphatic carbocycles. The predicted molar refractivity (Wildman–Crippen MR) is 78.0 cm³/mol. The number of carbonyl (C=O) groups is 1. The van der Waals surface area contributed by atoms with Gasteiger partial charge in [-0.1, -0.05) is 13.8 Å². The molecule has 0 atom stereocenters. The molecular weight excluding hydrogens is 270 g/mol. The maximum atomic E-state index is 12.8. The highest BCUT2D eigenvalue weighted by molar-refractivity contribution is 5.95. The lowest BCUT2D eigenvalue weighted by Gasteiger charge is -2.30. The summed E-state index contributed by atoms with van der Waals surface area (Å²) in [7, 11) is 0. The zero-order valence-electron chi connectivity index (χ0n) is 12.7. The first kappa shape index (κ1) is 15.4. The smallest absolute Gasteiger partial charge is 0.257 e. The molecule has 0 aromatic carbocycles. The Balaban J connectivity index is 2.40. The van der Waals surface area contributed by atoms with Crippen LogP contribution >= 0.6 is 0 Å². The molecule has 1 N–H and O–H groups in total. The number of amides is 1. The van der Waals surface area contributed by atoms with Crippen molar-refractivity contribution in [2.75, 3.05) is 13.2 Å². The van der Waals surface area contributed by atoms with Crippen molar-refractivity contribution in [2.45, 2.75) is 39.7 Å². The monoisotopic (exact) mass is 291 g/mol. The largest absolute Gasteiger partial charge is 0.395 e. The molecule has 21 heavy (non-hydrogen) atoms. The van der Waals surface area contributed by atoms with Gasteiger partial charge in [-0.3, -0.25) is 4.79 Å². The predicted octanol–water partition coefficient (Wildman–Crippen LogP) is 1.06. The van der Waals surface area contributed by atoms with Crippen molar-refractivity contribution in [2.24, 2.45) is 0 Å². The molecule has 7 nitrogen and oxygen atoms in total. The van der Waals surface area contributed by atoms with Crippen LogP contribution < -0.4 is 0 Å². The minimum atomic E-state index is -0.125. The van der Waals surface area contributed by atoms with E-state index in [-0.39, 0.29) is 18.6 Å². The number of aliphatic hydroxyl groups excluding tert-OH is 1. The van der Waals surface area contributed by atoms with Gasteiger partial charge in [-0.25, -0.2) is 9.50 Å². The number of hydrogen-bond acceptors (Lipinski definition) is 5. The number of fused-ring (bicyclic) bond motifs is 1. The summed E-state index contributed by atoms with van der Waals surface area (Å²) in [6.45, 7) is 6.16. The summed E-state index contributed by atoms with van der Waals surface area (Å²) < 4.78 is 1.55. The molecule has 2 aromatic heterocycles. The third-order valence-electron chi connectivity index (χ3n) is 3.76. The number of nitrogens with zero attached hydrogens (tertiary/aromatic N) is 5. The number of aliphatic hydroxyl groups is 1. The van der Waals surface area contributed by atoms with Gasteiger partial charge in [0.05, 0.1) is 17.9 Å². The Hall–Kier alpha value is -2.02. The Morgan fingerprint density at radius 3 is 2.71 bits per heavy atom. The van der Waals surface area contributed by atoms with Crippen molar-refractivity contribution >= 4 is 11.7 Å². The number of rotatable bonds is 6. The Morgan fingerprint density at radius 1 is 1.38 bits per heavy atom. The fraction of sp³-hybridized carbons (Fsp3) is 0.571. The van der Waals surface area contributed by atoms with Crippen molar-refractivity contribution < 1.29 is 9.90 Å². The van der Waals surface area contributed by atoms with Gasteiger partial charge in [0, 0.05) is 18.8 Å². The van der Waals surface area contributed by atoms with Crippen molar-refractivity contribution in [3.63, 3.8) is 0 Å². The van der Waals surface area contributed by atoms with Crippen LogP contribution in [0, 0.1) is 6.92 Å². The summed E-state index contributed by atoms with van der Waals surface area (Å²) in [5.74, 6) is 0.348. The average molecular weight is 291 g/mol. The summed E-state index contributed by atoms with van der Waals surface area (Å²) in [5, 5.41) is 13.3. The zero-order chi connectivity index (χ0) is 15.4. The minimum Gasteiger partial charge on any atom is -0.395 e. The summed E-state index contributed by atoms with van der Waals surface area (Å²) in [5.41, 5.74) is 1.20. The molecular formula is C14H21N5O2. The first-order valence-electron chi connectivity index (χ1n) is 7.21. The van der Waals surface area contributed by atoms with Gasteiger partial charge in [0.25, 0.3) is 11.7 Å². The molecule has 0 saturated carbocycles. The van der Waals surface area contributed by atoms with Gasteiger partial charge in [0.15, 0.2) is 0 Å². The topological polar surface area (TPSA) is 83.6 Å². The lowest BCUT2D eigenvalue weighted by molar-refractivity contribution is 0.0620. The molecule has 0 unspecified atom stereocenters. The third-order valence-corrected chi connectivity index (χ3v) is 3.76. The SMILES string of the molecule is CCC(CC)N(CCO)C(=O)c1cnc2ncnn2c1C. The van der Waals surface area contributed by atoms with E-state index in [9.17, 15) is 9.90 Å². The molecule has 0 spiro atoms. The van der Waals surface area contributed by atoms with Crippen molar-refractivity contribution in [3.8, 4) is 0 Å². The number of aromatic nitrogens is 4. The van der Waals surface area contributed by atoms with Gasteiger partial charge in [0.1, 0.15) is 6.33 Å². The maximum absolute atomic E-state index is 12.8. The fourth-order valence-corrected chi connectivity index (χ4v) is 2.54. The van der Waals surface area contributed by atoms with Gasteiger partial charge in [-0.15, -0.1) is 0 Å². The van der Waals surface area contributed by atoms with Crippen LogP contribution in [0.4, 0.5) is 0 Å². The molecule has 2 rings (SSSR count). The number of carbonyl (C=O) groups excluding carboxylic acids is 1. The van der Waals surface area contributed by atoms with Crippen molar-refractivity contribution in [1.29, 1.82) is 0 Å². The van der Waals surface area contributed by atoms with Crippen LogP contribution in [0.3, 0.4) is 0 Å². The van der Waals surface area contributed by atoms with Gasteiger partial charge in [0.2, 0.25) is 0 Å².